The van der Waals surface area contributed by atoms with Crippen LogP contribution in [-0.2, 0) is 6.54 Å². The number of rotatable bonds is 8. The highest BCUT2D eigenvalue weighted by Crippen LogP contribution is 2.30. The van der Waals surface area contributed by atoms with E-state index in [1.165, 1.54) is 42.6 Å². The minimum atomic E-state index is -0.794. The Morgan fingerprint density at radius 3 is 2.13 bits per heavy atom. The monoisotopic (exact) mass is 420 g/mol. The summed E-state index contributed by atoms with van der Waals surface area (Å²) in [5.74, 6) is -0.00635. The molecule has 5 nitrogen and oxygen atoms in total. The molecule has 0 radical (unpaired) electrons. The van der Waals surface area contributed by atoms with E-state index in [1.54, 1.807) is 24.3 Å². The lowest BCUT2D eigenvalue weighted by atomic mass is 9.83. The largest absolute Gasteiger partial charge is 0.390 e. The van der Waals surface area contributed by atoms with E-state index in [1.807, 2.05) is 18.2 Å². The highest BCUT2D eigenvalue weighted by atomic mass is 16.3. The summed E-state index contributed by atoms with van der Waals surface area (Å²) in [6.07, 6.45) is 5.50. The third-order valence-electron chi connectivity index (χ3n) is 6.85. The molecule has 2 aromatic rings. The van der Waals surface area contributed by atoms with Crippen molar-refractivity contribution in [1.82, 2.24) is 9.80 Å². The highest BCUT2D eigenvalue weighted by molar-refractivity contribution is 6.21. The molecule has 164 valence electrons. The van der Waals surface area contributed by atoms with Crippen molar-refractivity contribution in [3.8, 4) is 0 Å². The van der Waals surface area contributed by atoms with Gasteiger partial charge in [-0.15, -0.1) is 0 Å². The fourth-order valence-corrected chi connectivity index (χ4v) is 5.05. The number of imide groups is 1. The molecule has 1 N–H and O–H groups in total. The second-order valence-electron chi connectivity index (χ2n) is 8.97. The molecule has 1 saturated carbocycles. The molecule has 31 heavy (non-hydrogen) atoms. The van der Waals surface area contributed by atoms with Crippen LogP contribution >= 0.6 is 0 Å². The maximum Gasteiger partial charge on any atom is 0.261 e. The van der Waals surface area contributed by atoms with Crippen molar-refractivity contribution in [1.29, 1.82) is 0 Å². The molecule has 2 aromatic carbocycles. The number of carbonyl (C=O) groups excluding carboxylic acids is 2. The van der Waals surface area contributed by atoms with Crippen LogP contribution in [0.2, 0.25) is 0 Å². The van der Waals surface area contributed by atoms with E-state index >= 15 is 0 Å². The molecule has 1 fully saturated rings. The number of carbonyl (C=O) groups is 2. The number of fused-ring (bicyclic) bond motifs is 1. The zero-order valence-corrected chi connectivity index (χ0v) is 18.2. The van der Waals surface area contributed by atoms with E-state index in [2.05, 4.69) is 24.0 Å². The Bertz CT molecular complexity index is 873. The molecule has 2 amide bonds. The first-order valence-corrected chi connectivity index (χ1v) is 11.5. The maximum absolute atomic E-state index is 12.7. The van der Waals surface area contributed by atoms with Gasteiger partial charge in [-0.2, -0.15) is 0 Å². The van der Waals surface area contributed by atoms with Crippen LogP contribution in [0.15, 0.2) is 54.6 Å². The van der Waals surface area contributed by atoms with E-state index in [0.717, 1.165) is 6.54 Å². The number of aliphatic hydroxyl groups excluding tert-OH is 1. The van der Waals surface area contributed by atoms with Crippen molar-refractivity contribution in [3.63, 3.8) is 0 Å². The summed E-state index contributed by atoms with van der Waals surface area (Å²) in [7, 11) is 0. The van der Waals surface area contributed by atoms with Gasteiger partial charge in [0.2, 0.25) is 0 Å². The van der Waals surface area contributed by atoms with Crippen molar-refractivity contribution in [2.24, 2.45) is 5.92 Å². The van der Waals surface area contributed by atoms with Gasteiger partial charge in [0.25, 0.3) is 11.8 Å². The normalized spacial score (nSPS) is 19.0. The van der Waals surface area contributed by atoms with Crippen molar-refractivity contribution < 1.29 is 14.7 Å². The first kappa shape index (κ1) is 21.7. The molecule has 0 bridgehead atoms. The van der Waals surface area contributed by atoms with Gasteiger partial charge in [-0.1, -0.05) is 61.7 Å². The smallest absolute Gasteiger partial charge is 0.261 e. The van der Waals surface area contributed by atoms with Gasteiger partial charge in [0, 0.05) is 19.1 Å². The van der Waals surface area contributed by atoms with Gasteiger partial charge in [-0.25, -0.2) is 0 Å². The molecule has 5 heteroatoms. The summed E-state index contributed by atoms with van der Waals surface area (Å²) in [6.45, 7) is 3.46. The average Bonchev–Trinajstić information content (AvgIpc) is 3.04. The zero-order chi connectivity index (χ0) is 21.8. The van der Waals surface area contributed by atoms with Gasteiger partial charge >= 0.3 is 0 Å². The molecule has 0 saturated heterocycles. The fraction of sp³-hybridized carbons (Fsp3) is 0.462. The summed E-state index contributed by atoms with van der Waals surface area (Å²) < 4.78 is 0. The zero-order valence-electron chi connectivity index (χ0n) is 18.2. The molecule has 0 unspecified atom stereocenters. The predicted octanol–water partition coefficient (Wildman–Crippen LogP) is 4.11. The maximum atomic E-state index is 12.7. The number of aliphatic hydroxyl groups is 1. The van der Waals surface area contributed by atoms with Crippen molar-refractivity contribution in [2.75, 3.05) is 13.1 Å². The lowest BCUT2D eigenvalue weighted by Gasteiger charge is -2.38. The van der Waals surface area contributed by atoms with Gasteiger partial charge in [-0.05, 0) is 43.4 Å². The molecule has 2 atom stereocenters. The number of benzene rings is 2. The second-order valence-corrected chi connectivity index (χ2v) is 8.97. The second kappa shape index (κ2) is 9.75. The molecule has 1 aliphatic heterocycles. The van der Waals surface area contributed by atoms with Gasteiger partial charge in [0.1, 0.15) is 0 Å². The Kier molecular flexibility index (Phi) is 6.83. The van der Waals surface area contributed by atoms with Crippen LogP contribution in [0.5, 0.6) is 0 Å². The number of nitrogens with zero attached hydrogens (tertiary/aromatic N) is 2. The third-order valence-corrected chi connectivity index (χ3v) is 6.85. The number of hydrogen-bond acceptors (Lipinski definition) is 4. The summed E-state index contributed by atoms with van der Waals surface area (Å²) in [4.78, 5) is 28.9. The Morgan fingerprint density at radius 2 is 1.52 bits per heavy atom. The summed E-state index contributed by atoms with van der Waals surface area (Å²) >= 11 is 0. The van der Waals surface area contributed by atoms with Crippen molar-refractivity contribution in [2.45, 2.75) is 57.7 Å². The van der Waals surface area contributed by atoms with Gasteiger partial charge < -0.3 is 5.11 Å². The lowest BCUT2D eigenvalue weighted by molar-refractivity contribution is 0.0329. The molecule has 1 aliphatic carbocycles. The number of amides is 2. The van der Waals surface area contributed by atoms with Crippen LogP contribution in [0, 0.1) is 5.92 Å². The van der Waals surface area contributed by atoms with Crippen LogP contribution in [0.4, 0.5) is 0 Å². The van der Waals surface area contributed by atoms with Crippen molar-refractivity contribution >= 4 is 11.8 Å². The fourth-order valence-electron chi connectivity index (χ4n) is 5.05. The molecule has 0 aromatic heterocycles. The highest BCUT2D eigenvalue weighted by Gasteiger charge is 2.37. The van der Waals surface area contributed by atoms with Gasteiger partial charge in [0.05, 0.1) is 23.8 Å². The molecule has 1 heterocycles. The van der Waals surface area contributed by atoms with Gasteiger partial charge in [0.15, 0.2) is 0 Å². The van der Waals surface area contributed by atoms with Crippen molar-refractivity contribution in [3.05, 3.63) is 71.3 Å². The van der Waals surface area contributed by atoms with E-state index in [-0.39, 0.29) is 18.4 Å². The average molecular weight is 421 g/mol. The molecule has 0 spiro atoms. The number of hydrogen-bond donors (Lipinski definition) is 1. The van der Waals surface area contributed by atoms with Crippen LogP contribution in [0.25, 0.3) is 0 Å². The third kappa shape index (κ3) is 4.89. The van der Waals surface area contributed by atoms with E-state index in [4.69, 9.17) is 0 Å². The molecule has 4 rings (SSSR count). The van der Waals surface area contributed by atoms with E-state index < -0.39 is 6.10 Å². The number of β-amino-alcohol motifs (C(OH)–C–C–N with tert-alkyl or cyclic N) is 1. The molecular formula is C26H32N2O3. The quantitative estimate of drug-likeness (QED) is 0.653. The van der Waals surface area contributed by atoms with Gasteiger partial charge in [-0.3, -0.25) is 19.4 Å². The summed E-state index contributed by atoms with van der Waals surface area (Å²) in [5, 5.41) is 10.9. The van der Waals surface area contributed by atoms with E-state index in [0.29, 0.717) is 29.6 Å². The Morgan fingerprint density at radius 1 is 0.935 bits per heavy atom. The minimum Gasteiger partial charge on any atom is -0.390 e. The first-order valence-electron chi connectivity index (χ1n) is 11.5. The standard InChI is InChI=1S/C26H32N2O3/c1-19(21-12-6-3-7-13-21)27(16-20-10-4-2-5-11-20)17-22(29)18-28-25(30)23-14-8-9-15-24(23)26(28)31/h2,4-5,8-11,14-15,19,21-22,29H,3,6-7,12-13,16-18H2,1H3/t19-,22-/m0/s1. The summed E-state index contributed by atoms with van der Waals surface area (Å²) in [5.41, 5.74) is 2.06. The Balaban J connectivity index is 1.45. The Labute approximate surface area is 184 Å². The Hall–Kier alpha value is -2.50. The SMILES string of the molecule is C[C@@H](C1CCCCC1)N(Cc1ccccc1)C[C@H](O)CN1C(=O)c2ccccc2C1=O. The predicted molar refractivity (Wildman–Crippen MR) is 121 cm³/mol. The molecular weight excluding hydrogens is 388 g/mol. The van der Waals surface area contributed by atoms with Crippen LogP contribution < -0.4 is 0 Å². The van der Waals surface area contributed by atoms with Crippen LogP contribution in [0.1, 0.15) is 65.3 Å². The molecule has 2 aliphatic rings. The lowest BCUT2D eigenvalue weighted by Crippen LogP contribution is -2.47. The van der Waals surface area contributed by atoms with Crippen LogP contribution in [0.3, 0.4) is 0 Å². The first-order chi connectivity index (χ1) is 15.0. The topological polar surface area (TPSA) is 60.9 Å². The van der Waals surface area contributed by atoms with E-state index in [9.17, 15) is 14.7 Å². The summed E-state index contributed by atoms with van der Waals surface area (Å²) in [6, 6.07) is 17.5. The minimum absolute atomic E-state index is 0.0228. The van der Waals surface area contributed by atoms with Crippen LogP contribution in [-0.4, -0.2) is 52.0 Å².